The maximum atomic E-state index is 11.0. The minimum atomic E-state index is -0.786. The fourth-order valence-electron chi connectivity index (χ4n) is 0.982. The van der Waals surface area contributed by atoms with Crippen molar-refractivity contribution >= 4 is 18.0 Å². The van der Waals surface area contributed by atoms with Crippen LogP contribution in [-0.2, 0) is 9.59 Å². The van der Waals surface area contributed by atoms with Crippen LogP contribution in [0, 0.1) is 6.92 Å². The van der Waals surface area contributed by atoms with Crippen molar-refractivity contribution in [3.8, 4) is 0 Å². The van der Waals surface area contributed by atoms with Gasteiger partial charge in [-0.3, -0.25) is 9.59 Å². The number of amides is 2. The highest BCUT2D eigenvalue weighted by Crippen LogP contribution is 1.99. The first-order valence-corrected chi connectivity index (χ1v) is 4.75. The van der Waals surface area contributed by atoms with Crippen LogP contribution in [0.5, 0.6) is 0 Å². The monoisotopic (exact) mass is 219 g/mol. The molecule has 2 amide bonds. The Morgan fingerprint density at radius 1 is 1.19 bits per heavy atom. The standard InChI is InChI=1S/C11H13N3O2/c1-8-3-5-9(6-4-8)7-13-14-11(16)10(15)12-2/h3-7H,1-2H3,(H,12,15)(H,14,16)/b13-7+. The Kier molecular flexibility index (Phi) is 4.20. The van der Waals surface area contributed by atoms with E-state index >= 15 is 0 Å². The quantitative estimate of drug-likeness (QED) is 0.423. The Labute approximate surface area is 93.5 Å². The number of rotatable bonds is 2. The molecule has 0 saturated heterocycles. The highest BCUT2D eigenvalue weighted by molar-refractivity contribution is 6.34. The van der Waals surface area contributed by atoms with Crippen LogP contribution in [0.15, 0.2) is 29.4 Å². The smallest absolute Gasteiger partial charge is 0.329 e. The fourth-order valence-corrected chi connectivity index (χ4v) is 0.982. The third-order valence-electron chi connectivity index (χ3n) is 1.89. The van der Waals surface area contributed by atoms with E-state index in [0.29, 0.717) is 0 Å². The van der Waals surface area contributed by atoms with Gasteiger partial charge in [-0.15, -0.1) is 0 Å². The zero-order chi connectivity index (χ0) is 12.0. The van der Waals surface area contributed by atoms with E-state index in [1.54, 1.807) is 0 Å². The van der Waals surface area contributed by atoms with Crippen molar-refractivity contribution in [2.75, 3.05) is 7.05 Å². The van der Waals surface area contributed by atoms with E-state index < -0.39 is 11.8 Å². The summed E-state index contributed by atoms with van der Waals surface area (Å²) in [5, 5.41) is 5.85. The lowest BCUT2D eigenvalue weighted by atomic mass is 10.2. The molecule has 0 unspecified atom stereocenters. The first-order valence-electron chi connectivity index (χ1n) is 4.75. The van der Waals surface area contributed by atoms with Crippen LogP contribution < -0.4 is 10.7 Å². The molecule has 0 aliphatic rings. The normalized spacial score (nSPS) is 10.1. The molecule has 0 bridgehead atoms. The Bertz CT molecular complexity index is 410. The molecule has 0 saturated carbocycles. The van der Waals surface area contributed by atoms with Gasteiger partial charge in [0.2, 0.25) is 0 Å². The molecule has 1 aromatic carbocycles. The largest absolute Gasteiger partial charge is 0.351 e. The minimum Gasteiger partial charge on any atom is -0.351 e. The summed E-state index contributed by atoms with van der Waals surface area (Å²) in [5.41, 5.74) is 4.11. The van der Waals surface area contributed by atoms with Crippen LogP contribution >= 0.6 is 0 Å². The summed E-state index contributed by atoms with van der Waals surface area (Å²) in [7, 11) is 1.38. The third kappa shape index (κ3) is 3.53. The number of hydrogen-bond acceptors (Lipinski definition) is 3. The van der Waals surface area contributed by atoms with Gasteiger partial charge in [0.05, 0.1) is 6.21 Å². The van der Waals surface area contributed by atoms with Crippen LogP contribution in [0.25, 0.3) is 0 Å². The van der Waals surface area contributed by atoms with E-state index in [1.807, 2.05) is 31.2 Å². The lowest BCUT2D eigenvalue weighted by Crippen LogP contribution is -2.35. The zero-order valence-electron chi connectivity index (χ0n) is 9.15. The summed E-state index contributed by atoms with van der Waals surface area (Å²) in [6.45, 7) is 1.98. The van der Waals surface area contributed by atoms with Crippen molar-refractivity contribution in [2.45, 2.75) is 6.92 Å². The van der Waals surface area contributed by atoms with E-state index in [9.17, 15) is 9.59 Å². The first kappa shape index (κ1) is 11.9. The number of nitrogens with zero attached hydrogens (tertiary/aromatic N) is 1. The number of hydrazone groups is 1. The number of nitrogens with one attached hydrogen (secondary N) is 2. The first-order chi connectivity index (χ1) is 7.63. The van der Waals surface area contributed by atoms with Gasteiger partial charge in [0.15, 0.2) is 0 Å². The van der Waals surface area contributed by atoms with Crippen LogP contribution in [-0.4, -0.2) is 25.1 Å². The maximum Gasteiger partial charge on any atom is 0.329 e. The molecule has 84 valence electrons. The summed E-state index contributed by atoms with van der Waals surface area (Å²) in [6, 6.07) is 7.60. The summed E-state index contributed by atoms with van der Waals surface area (Å²) < 4.78 is 0. The Morgan fingerprint density at radius 3 is 2.38 bits per heavy atom. The molecule has 0 atom stereocenters. The van der Waals surface area contributed by atoms with Crippen molar-refractivity contribution < 1.29 is 9.59 Å². The van der Waals surface area contributed by atoms with Crippen LogP contribution in [0.4, 0.5) is 0 Å². The molecular weight excluding hydrogens is 206 g/mol. The predicted octanol–water partition coefficient (Wildman–Crippen LogP) is 0.191. The van der Waals surface area contributed by atoms with E-state index in [4.69, 9.17) is 0 Å². The van der Waals surface area contributed by atoms with Crippen LogP contribution in [0.2, 0.25) is 0 Å². The second-order valence-corrected chi connectivity index (χ2v) is 3.19. The molecule has 0 aliphatic carbocycles. The van der Waals surface area contributed by atoms with Gasteiger partial charge in [0.25, 0.3) is 0 Å². The second kappa shape index (κ2) is 5.65. The van der Waals surface area contributed by atoms with Gasteiger partial charge in [0.1, 0.15) is 0 Å². The number of carbonyl (C=O) groups is 2. The fraction of sp³-hybridized carbons (Fsp3) is 0.182. The van der Waals surface area contributed by atoms with Gasteiger partial charge in [-0.25, -0.2) is 5.43 Å². The van der Waals surface area contributed by atoms with E-state index in [1.165, 1.54) is 13.3 Å². The average Bonchev–Trinajstić information content (AvgIpc) is 2.30. The zero-order valence-corrected chi connectivity index (χ0v) is 9.15. The van der Waals surface area contributed by atoms with Crippen molar-refractivity contribution in [1.29, 1.82) is 0 Å². The maximum absolute atomic E-state index is 11.0. The molecule has 0 fully saturated rings. The van der Waals surface area contributed by atoms with Crippen LogP contribution in [0.1, 0.15) is 11.1 Å². The van der Waals surface area contributed by atoms with Gasteiger partial charge in [-0.1, -0.05) is 29.8 Å². The number of benzene rings is 1. The highest BCUT2D eigenvalue weighted by Gasteiger charge is 2.08. The molecule has 1 aromatic rings. The van der Waals surface area contributed by atoms with Gasteiger partial charge in [-0.2, -0.15) is 5.10 Å². The topological polar surface area (TPSA) is 70.6 Å². The molecule has 0 aromatic heterocycles. The molecular formula is C11H13N3O2. The van der Waals surface area contributed by atoms with Crippen molar-refractivity contribution in [1.82, 2.24) is 10.7 Å². The number of carbonyl (C=O) groups excluding carboxylic acids is 2. The third-order valence-corrected chi connectivity index (χ3v) is 1.89. The second-order valence-electron chi connectivity index (χ2n) is 3.19. The molecule has 0 spiro atoms. The molecule has 0 radical (unpaired) electrons. The Morgan fingerprint density at radius 2 is 1.81 bits per heavy atom. The van der Waals surface area contributed by atoms with Crippen molar-refractivity contribution in [3.05, 3.63) is 35.4 Å². The van der Waals surface area contributed by atoms with Gasteiger partial charge in [0, 0.05) is 7.05 Å². The predicted molar refractivity (Wildman–Crippen MR) is 61.0 cm³/mol. The van der Waals surface area contributed by atoms with Gasteiger partial charge >= 0.3 is 11.8 Å². The Balaban J connectivity index is 2.52. The summed E-state index contributed by atoms with van der Waals surface area (Å²) in [5.74, 6) is -1.51. The molecule has 5 nitrogen and oxygen atoms in total. The Hall–Kier alpha value is -2.17. The van der Waals surface area contributed by atoms with Gasteiger partial charge < -0.3 is 5.32 Å². The molecule has 1 rings (SSSR count). The van der Waals surface area contributed by atoms with E-state index in [0.717, 1.165) is 11.1 Å². The number of aryl methyl sites for hydroxylation is 1. The lowest BCUT2D eigenvalue weighted by Gasteiger charge is -1.97. The minimum absolute atomic E-state index is 0.721. The van der Waals surface area contributed by atoms with Crippen molar-refractivity contribution in [3.63, 3.8) is 0 Å². The number of hydrogen-bond donors (Lipinski definition) is 2. The lowest BCUT2D eigenvalue weighted by molar-refractivity contribution is -0.138. The summed E-state index contributed by atoms with van der Waals surface area (Å²) in [4.78, 5) is 21.8. The molecule has 0 aliphatic heterocycles. The van der Waals surface area contributed by atoms with Crippen molar-refractivity contribution in [2.24, 2.45) is 5.10 Å². The van der Waals surface area contributed by atoms with E-state index in [-0.39, 0.29) is 0 Å². The van der Waals surface area contributed by atoms with Crippen LogP contribution in [0.3, 0.4) is 0 Å². The molecule has 0 heterocycles. The average molecular weight is 219 g/mol. The summed E-state index contributed by atoms with van der Waals surface area (Å²) in [6.07, 6.45) is 1.47. The van der Waals surface area contributed by atoms with Gasteiger partial charge in [-0.05, 0) is 12.5 Å². The number of likely N-dealkylation sites (N-methyl/N-ethyl adjacent to an activating group) is 1. The molecule has 2 N–H and O–H groups in total. The summed E-state index contributed by atoms with van der Waals surface area (Å²) >= 11 is 0. The SMILES string of the molecule is CNC(=O)C(=O)N/N=C/c1ccc(C)cc1. The molecule has 5 heteroatoms. The highest BCUT2D eigenvalue weighted by atomic mass is 16.2. The van der Waals surface area contributed by atoms with E-state index in [2.05, 4.69) is 15.8 Å². The molecule has 16 heavy (non-hydrogen) atoms.